The molecule has 0 aromatic heterocycles. The van der Waals surface area contributed by atoms with Gasteiger partial charge < -0.3 is 14.5 Å². The number of piperidine rings is 1. The first kappa shape index (κ1) is 17.3. The Morgan fingerprint density at radius 1 is 0.840 bits per heavy atom. The highest BCUT2D eigenvalue weighted by Crippen LogP contribution is 2.25. The highest BCUT2D eigenvalue weighted by atomic mass is 16.5. The maximum Gasteiger partial charge on any atom is 0.0594 e. The third-order valence-corrected chi connectivity index (χ3v) is 6.24. The summed E-state index contributed by atoms with van der Waals surface area (Å²) in [6, 6.07) is 10.2. The van der Waals surface area contributed by atoms with Gasteiger partial charge in [-0.05, 0) is 62.9 Å². The smallest absolute Gasteiger partial charge is 0.0594 e. The minimum Gasteiger partial charge on any atom is -0.379 e. The lowest BCUT2D eigenvalue weighted by Crippen LogP contribution is -2.43. The number of benzene rings is 1. The summed E-state index contributed by atoms with van der Waals surface area (Å²) in [6.45, 7) is 10.2. The molecule has 3 heterocycles. The Balaban J connectivity index is 1.24. The van der Waals surface area contributed by atoms with Gasteiger partial charge in [0.25, 0.3) is 0 Å². The number of ether oxygens (including phenoxy) is 1. The molecule has 0 radical (unpaired) electrons. The number of anilines is 1. The van der Waals surface area contributed by atoms with Crippen LogP contribution in [-0.4, -0.2) is 74.9 Å². The van der Waals surface area contributed by atoms with E-state index in [1.807, 2.05) is 0 Å². The number of rotatable bonds is 5. The molecule has 0 bridgehead atoms. The van der Waals surface area contributed by atoms with Crippen LogP contribution in [0.5, 0.6) is 0 Å². The van der Waals surface area contributed by atoms with E-state index in [0.717, 1.165) is 45.3 Å². The summed E-state index contributed by atoms with van der Waals surface area (Å²) in [7, 11) is 0. The molecule has 0 amide bonds. The Morgan fingerprint density at radius 2 is 1.52 bits per heavy atom. The Hall–Kier alpha value is -1.10. The molecule has 0 N–H and O–H groups in total. The fourth-order valence-corrected chi connectivity index (χ4v) is 4.58. The first-order chi connectivity index (χ1) is 12.4. The summed E-state index contributed by atoms with van der Waals surface area (Å²) in [5, 5.41) is 0. The van der Waals surface area contributed by atoms with E-state index in [0.29, 0.717) is 0 Å². The molecule has 3 aliphatic heterocycles. The lowest BCUT2D eigenvalue weighted by atomic mass is 10.0. The fraction of sp³-hybridized carbons (Fsp3) is 0.714. The number of morpholine rings is 1. The van der Waals surface area contributed by atoms with E-state index in [-0.39, 0.29) is 0 Å². The summed E-state index contributed by atoms with van der Waals surface area (Å²) < 4.78 is 5.42. The van der Waals surface area contributed by atoms with Gasteiger partial charge in [-0.15, -0.1) is 0 Å². The van der Waals surface area contributed by atoms with Gasteiger partial charge in [0.15, 0.2) is 0 Å². The molecule has 0 spiro atoms. The number of nitrogens with zero attached hydrogens (tertiary/aromatic N) is 3. The second-order valence-electron chi connectivity index (χ2n) is 7.83. The van der Waals surface area contributed by atoms with Gasteiger partial charge in [-0.2, -0.15) is 0 Å². The van der Waals surface area contributed by atoms with Crippen LogP contribution < -0.4 is 4.90 Å². The van der Waals surface area contributed by atoms with Crippen LogP contribution in [0.15, 0.2) is 24.3 Å². The standard InChI is InChI=1S/C21H33N3O/c1-2-11-23(10-1)21-8-13-24(14-9-21)20-5-3-19(4-6-20)7-12-22-15-17-25-18-16-22/h3-6,21H,1-2,7-18H2. The van der Waals surface area contributed by atoms with Crippen molar-refractivity contribution in [3.05, 3.63) is 29.8 Å². The lowest BCUT2D eigenvalue weighted by molar-refractivity contribution is 0.0384. The van der Waals surface area contributed by atoms with Crippen molar-refractivity contribution in [2.75, 3.05) is 63.9 Å². The van der Waals surface area contributed by atoms with Crippen LogP contribution in [-0.2, 0) is 11.2 Å². The van der Waals surface area contributed by atoms with Crippen molar-refractivity contribution in [1.29, 1.82) is 0 Å². The molecule has 3 saturated heterocycles. The van der Waals surface area contributed by atoms with E-state index in [2.05, 4.69) is 39.0 Å². The van der Waals surface area contributed by atoms with Crippen LogP contribution in [0.4, 0.5) is 5.69 Å². The van der Waals surface area contributed by atoms with Gasteiger partial charge >= 0.3 is 0 Å². The molecule has 1 aromatic carbocycles. The third-order valence-electron chi connectivity index (χ3n) is 6.24. The van der Waals surface area contributed by atoms with Crippen LogP contribution in [0.1, 0.15) is 31.2 Å². The zero-order valence-corrected chi connectivity index (χ0v) is 15.5. The van der Waals surface area contributed by atoms with E-state index in [4.69, 9.17) is 4.74 Å². The first-order valence-electron chi connectivity index (χ1n) is 10.3. The van der Waals surface area contributed by atoms with Crippen molar-refractivity contribution in [3.8, 4) is 0 Å². The summed E-state index contributed by atoms with van der Waals surface area (Å²) >= 11 is 0. The van der Waals surface area contributed by atoms with Crippen molar-refractivity contribution in [1.82, 2.24) is 9.80 Å². The molecule has 3 fully saturated rings. The van der Waals surface area contributed by atoms with E-state index in [9.17, 15) is 0 Å². The third kappa shape index (κ3) is 4.55. The average molecular weight is 344 g/mol. The highest BCUT2D eigenvalue weighted by molar-refractivity contribution is 5.48. The van der Waals surface area contributed by atoms with Gasteiger partial charge in [0.2, 0.25) is 0 Å². The Bertz CT molecular complexity index is 512. The van der Waals surface area contributed by atoms with Crippen molar-refractivity contribution in [2.24, 2.45) is 0 Å². The molecule has 4 nitrogen and oxygen atoms in total. The van der Waals surface area contributed by atoms with Gasteiger partial charge in [-0.25, -0.2) is 0 Å². The summed E-state index contributed by atoms with van der Waals surface area (Å²) in [5.41, 5.74) is 2.87. The minimum absolute atomic E-state index is 0.839. The Morgan fingerprint density at radius 3 is 2.20 bits per heavy atom. The van der Waals surface area contributed by atoms with Crippen LogP contribution in [0, 0.1) is 0 Å². The largest absolute Gasteiger partial charge is 0.379 e. The SMILES string of the molecule is c1cc(N2CCC(N3CCCC3)CC2)ccc1CCN1CCOCC1. The molecule has 138 valence electrons. The zero-order chi connectivity index (χ0) is 16.9. The van der Waals surface area contributed by atoms with Crippen molar-refractivity contribution < 1.29 is 4.74 Å². The van der Waals surface area contributed by atoms with Crippen molar-refractivity contribution >= 4 is 5.69 Å². The van der Waals surface area contributed by atoms with Gasteiger partial charge in [0.1, 0.15) is 0 Å². The Kier molecular flexibility index (Phi) is 5.90. The summed E-state index contributed by atoms with van der Waals surface area (Å²) in [5.74, 6) is 0. The molecule has 4 rings (SSSR count). The maximum absolute atomic E-state index is 5.42. The fourth-order valence-electron chi connectivity index (χ4n) is 4.58. The van der Waals surface area contributed by atoms with Gasteiger partial charge in [-0.3, -0.25) is 4.90 Å². The zero-order valence-electron chi connectivity index (χ0n) is 15.5. The van der Waals surface area contributed by atoms with Crippen LogP contribution in [0.2, 0.25) is 0 Å². The summed E-state index contributed by atoms with van der Waals surface area (Å²) in [4.78, 5) is 7.82. The topological polar surface area (TPSA) is 19.0 Å². The number of likely N-dealkylation sites (tertiary alicyclic amines) is 1. The Labute approximate surface area is 152 Å². The van der Waals surface area contributed by atoms with Gasteiger partial charge in [0, 0.05) is 44.5 Å². The van der Waals surface area contributed by atoms with E-state index < -0.39 is 0 Å². The van der Waals surface area contributed by atoms with Crippen molar-refractivity contribution in [2.45, 2.75) is 38.1 Å². The molecule has 1 aromatic rings. The first-order valence-corrected chi connectivity index (χ1v) is 10.3. The maximum atomic E-state index is 5.42. The molecule has 25 heavy (non-hydrogen) atoms. The predicted octanol–water partition coefficient (Wildman–Crippen LogP) is 2.63. The predicted molar refractivity (Wildman–Crippen MR) is 103 cm³/mol. The monoisotopic (exact) mass is 343 g/mol. The molecule has 0 aliphatic carbocycles. The second-order valence-corrected chi connectivity index (χ2v) is 7.83. The molecular formula is C21H33N3O. The van der Waals surface area contributed by atoms with Crippen LogP contribution in [0.3, 0.4) is 0 Å². The lowest BCUT2D eigenvalue weighted by Gasteiger charge is -2.37. The van der Waals surface area contributed by atoms with E-state index >= 15 is 0 Å². The van der Waals surface area contributed by atoms with Crippen LogP contribution >= 0.6 is 0 Å². The number of hydrogen-bond acceptors (Lipinski definition) is 4. The normalized spacial score (nSPS) is 24.1. The molecule has 3 aliphatic rings. The van der Waals surface area contributed by atoms with Gasteiger partial charge in [0.05, 0.1) is 13.2 Å². The van der Waals surface area contributed by atoms with E-state index in [1.165, 1.54) is 63.1 Å². The second kappa shape index (κ2) is 8.52. The van der Waals surface area contributed by atoms with Crippen molar-refractivity contribution in [3.63, 3.8) is 0 Å². The summed E-state index contributed by atoms with van der Waals surface area (Å²) in [6.07, 6.45) is 6.63. The average Bonchev–Trinajstić information content (AvgIpc) is 3.23. The minimum atomic E-state index is 0.839. The van der Waals surface area contributed by atoms with Crippen LogP contribution in [0.25, 0.3) is 0 Å². The quantitative estimate of drug-likeness (QED) is 0.818. The highest BCUT2D eigenvalue weighted by Gasteiger charge is 2.26. The molecule has 0 saturated carbocycles. The van der Waals surface area contributed by atoms with Gasteiger partial charge in [-0.1, -0.05) is 12.1 Å². The molecule has 0 unspecified atom stereocenters. The molecule has 0 atom stereocenters. The number of hydrogen-bond donors (Lipinski definition) is 0. The molecule has 4 heteroatoms. The molecular weight excluding hydrogens is 310 g/mol. The van der Waals surface area contributed by atoms with E-state index in [1.54, 1.807) is 0 Å².